The van der Waals surface area contributed by atoms with Crippen LogP contribution >= 0.6 is 46.3 Å². The van der Waals surface area contributed by atoms with Gasteiger partial charge in [0.25, 0.3) is 11.8 Å². The van der Waals surface area contributed by atoms with Crippen LogP contribution in [0.15, 0.2) is 149 Å². The Bertz CT molecular complexity index is 2140. The van der Waals surface area contributed by atoms with E-state index < -0.39 is 17.1 Å². The maximum atomic E-state index is 13.8. The third-order valence-electron chi connectivity index (χ3n) is 7.31. The van der Waals surface area contributed by atoms with E-state index in [-0.39, 0.29) is 11.6 Å². The van der Waals surface area contributed by atoms with Gasteiger partial charge in [0, 0.05) is 42.7 Å². The highest BCUT2D eigenvalue weighted by Crippen LogP contribution is 2.38. The van der Waals surface area contributed by atoms with E-state index in [0.29, 0.717) is 32.0 Å². The number of halogens is 2. The number of amides is 3. The molecule has 50 heavy (non-hydrogen) atoms. The number of nitrogens with zero attached hydrogens (tertiary/aromatic N) is 1. The highest BCUT2D eigenvalue weighted by atomic mass is 35.5. The van der Waals surface area contributed by atoms with Crippen LogP contribution in [-0.4, -0.2) is 22.7 Å². The van der Waals surface area contributed by atoms with Crippen LogP contribution in [0.25, 0.3) is 17.3 Å². The van der Waals surface area contributed by atoms with Crippen LogP contribution in [0.1, 0.15) is 26.7 Å². The molecule has 0 aliphatic carbocycles. The molecule has 6 rings (SSSR count). The molecule has 0 saturated heterocycles. The van der Waals surface area contributed by atoms with E-state index in [1.54, 1.807) is 66.7 Å². The smallest absolute Gasteiger partial charge is 0.272 e. The van der Waals surface area contributed by atoms with Crippen molar-refractivity contribution in [3.05, 3.63) is 171 Å². The summed E-state index contributed by atoms with van der Waals surface area (Å²) < 4.78 is 0. The molecule has 11 heteroatoms. The van der Waals surface area contributed by atoms with Crippen molar-refractivity contribution < 1.29 is 14.4 Å². The second-order valence-corrected chi connectivity index (χ2v) is 13.6. The second kappa shape index (κ2) is 16.5. The molecule has 7 nitrogen and oxygen atoms in total. The van der Waals surface area contributed by atoms with Crippen LogP contribution in [0.3, 0.4) is 0 Å². The molecule has 248 valence electrons. The van der Waals surface area contributed by atoms with Crippen LogP contribution < -0.4 is 16.0 Å². The van der Waals surface area contributed by atoms with Crippen molar-refractivity contribution in [3.63, 3.8) is 0 Å². The normalized spacial score (nSPS) is 11.8. The fraction of sp³-hybridized carbons (Fsp3) is 0.0256. The van der Waals surface area contributed by atoms with E-state index in [1.807, 2.05) is 72.1 Å². The average molecular weight is 736 g/mol. The first kappa shape index (κ1) is 34.7. The number of benzene rings is 5. The van der Waals surface area contributed by atoms with Crippen molar-refractivity contribution in [2.75, 3.05) is 10.6 Å². The molecule has 0 spiro atoms. The van der Waals surface area contributed by atoms with Crippen LogP contribution in [0.5, 0.6) is 0 Å². The first-order valence-corrected chi connectivity index (χ1v) is 17.8. The van der Waals surface area contributed by atoms with E-state index >= 15 is 0 Å². The lowest BCUT2D eigenvalue weighted by molar-refractivity contribution is -0.116. The van der Waals surface area contributed by atoms with Crippen molar-refractivity contribution in [2.24, 2.45) is 0 Å². The molecule has 0 radical (unpaired) electrons. The first-order valence-electron chi connectivity index (χ1n) is 15.3. The van der Waals surface area contributed by atoms with Gasteiger partial charge in [-0.3, -0.25) is 14.4 Å². The van der Waals surface area contributed by atoms with Crippen molar-refractivity contribution in [3.8, 4) is 11.3 Å². The Hall–Kier alpha value is -5.19. The summed E-state index contributed by atoms with van der Waals surface area (Å²) in [6.45, 7) is 0. The summed E-state index contributed by atoms with van der Waals surface area (Å²) in [4.78, 5) is 45.9. The summed E-state index contributed by atoms with van der Waals surface area (Å²) in [6, 6.07) is 39.9. The number of nitrogens with one attached hydrogen (secondary N) is 3. The van der Waals surface area contributed by atoms with Gasteiger partial charge in [-0.15, -0.1) is 23.1 Å². The summed E-state index contributed by atoms with van der Waals surface area (Å²) in [7, 11) is 0. The maximum absolute atomic E-state index is 13.8. The van der Waals surface area contributed by atoms with Gasteiger partial charge in [0.05, 0.1) is 5.69 Å². The van der Waals surface area contributed by atoms with Crippen molar-refractivity contribution in [1.29, 1.82) is 0 Å². The summed E-state index contributed by atoms with van der Waals surface area (Å²) in [5.41, 5.74) is 3.68. The lowest BCUT2D eigenvalue weighted by Gasteiger charge is -2.17. The van der Waals surface area contributed by atoms with E-state index in [1.165, 1.54) is 29.2 Å². The molecule has 5 aromatic carbocycles. The molecule has 0 bridgehead atoms. The molecule has 6 aromatic rings. The second-order valence-electron chi connectivity index (χ2n) is 10.8. The number of hydrogen-bond donors (Lipinski definition) is 3. The minimum atomic E-state index is -0.630. The lowest BCUT2D eigenvalue weighted by atomic mass is 10.1. The van der Waals surface area contributed by atoms with Gasteiger partial charge in [0.15, 0.2) is 5.13 Å². The van der Waals surface area contributed by atoms with Crippen LogP contribution in [0.4, 0.5) is 10.8 Å². The van der Waals surface area contributed by atoms with Crippen molar-refractivity contribution in [2.45, 2.75) is 10.1 Å². The molecule has 0 fully saturated rings. The van der Waals surface area contributed by atoms with Gasteiger partial charge in [-0.05, 0) is 54.1 Å². The lowest BCUT2D eigenvalue weighted by Crippen LogP contribution is -2.30. The Morgan fingerprint density at radius 1 is 0.740 bits per heavy atom. The van der Waals surface area contributed by atoms with E-state index in [4.69, 9.17) is 23.2 Å². The van der Waals surface area contributed by atoms with E-state index in [0.717, 1.165) is 21.7 Å². The van der Waals surface area contributed by atoms with Crippen molar-refractivity contribution in [1.82, 2.24) is 10.3 Å². The number of aromatic nitrogens is 1. The maximum Gasteiger partial charge on any atom is 0.272 e. The average Bonchev–Trinajstić information content (AvgIpc) is 3.61. The number of rotatable bonds is 11. The number of carbonyl (C=O) groups excluding carboxylic acids is 3. The monoisotopic (exact) mass is 734 g/mol. The molecule has 1 atom stereocenters. The standard InChI is InChI=1S/C39H28Cl2N4O3S2/c40-31-20-11-21-32(41)30(31)23-33(43-36(46)27-16-8-3-9-17-27)37(47)42-28-18-10-19-29(22-28)50-35(26-14-6-2-7-15-26)38(48)45-39-44-34(24-49-39)25-12-4-1-5-13-25/h1-24,35H,(H,42,47)(H,43,46)(H,44,45,48)/b33-23+. The Kier molecular flexibility index (Phi) is 11.4. The number of hydrogen-bond acceptors (Lipinski definition) is 6. The number of thiazole rings is 1. The van der Waals surface area contributed by atoms with Crippen molar-refractivity contribution >= 4 is 80.9 Å². The van der Waals surface area contributed by atoms with E-state index in [9.17, 15) is 14.4 Å². The molecule has 3 amide bonds. The van der Waals surface area contributed by atoms with Gasteiger partial charge in [0.1, 0.15) is 10.9 Å². The number of anilines is 2. The Balaban J connectivity index is 1.23. The fourth-order valence-corrected chi connectivity index (χ4v) is 7.17. The molecule has 0 aliphatic heterocycles. The third kappa shape index (κ3) is 8.88. The van der Waals surface area contributed by atoms with Crippen LogP contribution in [0, 0.1) is 0 Å². The molecular formula is C39H28Cl2N4O3S2. The number of carbonyl (C=O) groups is 3. The molecule has 1 unspecified atom stereocenters. The summed E-state index contributed by atoms with van der Waals surface area (Å²) in [6.07, 6.45) is 1.44. The summed E-state index contributed by atoms with van der Waals surface area (Å²) in [5.74, 6) is -1.31. The highest BCUT2D eigenvalue weighted by molar-refractivity contribution is 8.00. The van der Waals surface area contributed by atoms with Gasteiger partial charge in [-0.1, -0.05) is 114 Å². The zero-order valence-electron chi connectivity index (χ0n) is 26.2. The van der Waals surface area contributed by atoms with Crippen LogP contribution in [0.2, 0.25) is 10.0 Å². The quantitative estimate of drug-likeness (QED) is 0.0909. The minimum Gasteiger partial charge on any atom is -0.321 e. The topological polar surface area (TPSA) is 100 Å². The Labute approximate surface area is 307 Å². The van der Waals surface area contributed by atoms with Crippen LogP contribution in [-0.2, 0) is 9.59 Å². The molecule has 0 saturated carbocycles. The SMILES string of the molecule is O=C(Nc1cccc(SC(C(=O)Nc2nc(-c3ccccc3)cs2)c2ccccc2)c1)/C(=C\c1c(Cl)cccc1Cl)NC(=O)c1ccccc1. The third-order valence-corrected chi connectivity index (χ3v) is 9.97. The first-order chi connectivity index (χ1) is 24.3. The summed E-state index contributed by atoms with van der Waals surface area (Å²) >= 11 is 15.5. The predicted octanol–water partition coefficient (Wildman–Crippen LogP) is 10.00. The Morgan fingerprint density at radius 2 is 1.38 bits per heavy atom. The molecular weight excluding hydrogens is 707 g/mol. The molecule has 1 aromatic heterocycles. The van der Waals surface area contributed by atoms with Gasteiger partial charge >= 0.3 is 0 Å². The fourth-order valence-electron chi connectivity index (χ4n) is 4.86. The predicted molar refractivity (Wildman–Crippen MR) is 205 cm³/mol. The van der Waals surface area contributed by atoms with E-state index in [2.05, 4.69) is 20.9 Å². The largest absolute Gasteiger partial charge is 0.321 e. The van der Waals surface area contributed by atoms with Gasteiger partial charge in [-0.25, -0.2) is 4.98 Å². The van der Waals surface area contributed by atoms with Gasteiger partial charge < -0.3 is 16.0 Å². The molecule has 3 N–H and O–H groups in total. The molecule has 1 heterocycles. The zero-order chi connectivity index (χ0) is 34.9. The minimum absolute atomic E-state index is 0.0632. The molecule has 0 aliphatic rings. The number of thioether (sulfide) groups is 1. The Morgan fingerprint density at radius 3 is 2.08 bits per heavy atom. The van der Waals surface area contributed by atoms with Gasteiger partial charge in [0.2, 0.25) is 5.91 Å². The van der Waals surface area contributed by atoms with Gasteiger partial charge in [-0.2, -0.15) is 0 Å². The highest BCUT2D eigenvalue weighted by Gasteiger charge is 2.24. The summed E-state index contributed by atoms with van der Waals surface area (Å²) in [5, 5.41) is 11.0. The zero-order valence-corrected chi connectivity index (χ0v) is 29.3.